The molecule has 5 heteroatoms. The maximum absolute atomic E-state index is 11.4. The van der Waals surface area contributed by atoms with Gasteiger partial charge >= 0.3 is 6.03 Å². The number of nitrogens with one attached hydrogen (secondary N) is 2. The summed E-state index contributed by atoms with van der Waals surface area (Å²) in [6, 6.07) is 11.2. The van der Waals surface area contributed by atoms with Gasteiger partial charge in [0.15, 0.2) is 0 Å². The molecule has 0 saturated carbocycles. The molecule has 2 heterocycles. The zero-order valence-electron chi connectivity index (χ0n) is 9.96. The Hall–Kier alpha value is -2.82. The molecule has 0 aliphatic carbocycles. The van der Waals surface area contributed by atoms with Crippen LogP contribution >= 0.6 is 0 Å². The molecule has 1 fully saturated rings. The molecule has 3 amide bonds. The van der Waals surface area contributed by atoms with Crippen molar-refractivity contribution in [1.82, 2.24) is 15.2 Å². The standard InChI is InChI=1S/C14H11N3O2/c18-13-12(15-14(19)16-13)8-10-6-7-17(9-10)11-4-2-1-3-5-11/h1-9H,(H2,15,16,18,19)/b12-8-. The van der Waals surface area contributed by atoms with Crippen LogP contribution in [0.15, 0.2) is 54.5 Å². The van der Waals surface area contributed by atoms with E-state index in [1.54, 1.807) is 6.08 Å². The third kappa shape index (κ3) is 2.26. The van der Waals surface area contributed by atoms with Gasteiger partial charge in [-0.2, -0.15) is 0 Å². The maximum Gasteiger partial charge on any atom is 0.326 e. The molecule has 1 aliphatic heterocycles. The first-order valence-electron chi connectivity index (χ1n) is 5.80. The fourth-order valence-electron chi connectivity index (χ4n) is 1.91. The second-order valence-electron chi connectivity index (χ2n) is 4.15. The number of imide groups is 1. The molecule has 2 aromatic rings. The number of carbonyl (C=O) groups excluding carboxylic acids is 2. The Labute approximate surface area is 109 Å². The number of benzene rings is 1. The average molecular weight is 253 g/mol. The van der Waals surface area contributed by atoms with Crippen molar-refractivity contribution in [2.75, 3.05) is 0 Å². The lowest BCUT2D eigenvalue weighted by Gasteiger charge is -2.00. The predicted octanol–water partition coefficient (Wildman–Crippen LogP) is 1.66. The van der Waals surface area contributed by atoms with Gasteiger partial charge in [0.25, 0.3) is 5.91 Å². The highest BCUT2D eigenvalue weighted by molar-refractivity contribution is 6.13. The zero-order valence-corrected chi connectivity index (χ0v) is 9.96. The lowest BCUT2D eigenvalue weighted by Crippen LogP contribution is -2.22. The van der Waals surface area contributed by atoms with Crippen LogP contribution < -0.4 is 10.6 Å². The quantitative estimate of drug-likeness (QED) is 0.631. The van der Waals surface area contributed by atoms with Crippen molar-refractivity contribution >= 4 is 18.0 Å². The first-order valence-corrected chi connectivity index (χ1v) is 5.80. The molecular formula is C14H11N3O2. The largest absolute Gasteiger partial charge is 0.326 e. The summed E-state index contributed by atoms with van der Waals surface area (Å²) in [6.07, 6.45) is 5.43. The van der Waals surface area contributed by atoms with Crippen LogP contribution in [0.25, 0.3) is 11.8 Å². The Morgan fingerprint density at radius 1 is 1.00 bits per heavy atom. The van der Waals surface area contributed by atoms with Gasteiger partial charge in [-0.25, -0.2) is 4.79 Å². The Balaban J connectivity index is 1.89. The van der Waals surface area contributed by atoms with Gasteiger partial charge in [0, 0.05) is 18.1 Å². The number of amides is 3. The van der Waals surface area contributed by atoms with Crippen molar-refractivity contribution < 1.29 is 9.59 Å². The van der Waals surface area contributed by atoms with E-state index in [0.29, 0.717) is 0 Å². The molecule has 2 N–H and O–H groups in total. The van der Waals surface area contributed by atoms with Crippen molar-refractivity contribution in [1.29, 1.82) is 0 Å². The molecule has 1 aliphatic rings. The van der Waals surface area contributed by atoms with Crippen molar-refractivity contribution in [3.63, 3.8) is 0 Å². The topological polar surface area (TPSA) is 63.1 Å². The van der Waals surface area contributed by atoms with Crippen LogP contribution in [0.4, 0.5) is 4.79 Å². The summed E-state index contributed by atoms with van der Waals surface area (Å²) in [7, 11) is 0. The van der Waals surface area contributed by atoms with Gasteiger partial charge in [-0.05, 0) is 29.8 Å². The highest BCUT2D eigenvalue weighted by atomic mass is 16.2. The maximum atomic E-state index is 11.4. The Bertz CT molecular complexity index is 671. The highest BCUT2D eigenvalue weighted by Gasteiger charge is 2.22. The van der Waals surface area contributed by atoms with E-state index in [9.17, 15) is 9.59 Å². The lowest BCUT2D eigenvalue weighted by molar-refractivity contribution is -0.115. The van der Waals surface area contributed by atoms with E-state index in [0.717, 1.165) is 11.3 Å². The Kier molecular flexibility index (Phi) is 2.64. The van der Waals surface area contributed by atoms with Gasteiger partial charge in [-0.15, -0.1) is 0 Å². The molecule has 5 nitrogen and oxygen atoms in total. The molecule has 1 saturated heterocycles. The van der Waals surface area contributed by atoms with E-state index in [-0.39, 0.29) is 5.70 Å². The van der Waals surface area contributed by atoms with Gasteiger partial charge in [0.05, 0.1) is 0 Å². The molecule has 94 valence electrons. The Morgan fingerprint density at radius 3 is 2.47 bits per heavy atom. The van der Waals surface area contributed by atoms with Crippen molar-refractivity contribution in [2.24, 2.45) is 0 Å². The minimum absolute atomic E-state index is 0.260. The summed E-state index contributed by atoms with van der Waals surface area (Å²) in [5.74, 6) is -0.405. The van der Waals surface area contributed by atoms with Crippen LogP contribution in [0.5, 0.6) is 0 Å². The van der Waals surface area contributed by atoms with Gasteiger partial charge in [-0.3, -0.25) is 10.1 Å². The van der Waals surface area contributed by atoms with E-state index in [2.05, 4.69) is 10.6 Å². The van der Waals surface area contributed by atoms with E-state index in [4.69, 9.17) is 0 Å². The van der Waals surface area contributed by atoms with Crippen molar-refractivity contribution in [3.8, 4) is 5.69 Å². The van der Waals surface area contributed by atoms with Gasteiger partial charge in [-0.1, -0.05) is 18.2 Å². The number of hydrogen-bond donors (Lipinski definition) is 2. The van der Waals surface area contributed by atoms with Crippen LogP contribution in [0.2, 0.25) is 0 Å². The number of hydrogen-bond acceptors (Lipinski definition) is 2. The second kappa shape index (κ2) is 4.45. The van der Waals surface area contributed by atoms with Gasteiger partial charge < -0.3 is 9.88 Å². The molecule has 1 aromatic heterocycles. The minimum atomic E-state index is -0.487. The van der Waals surface area contributed by atoms with Crippen LogP contribution in [0, 0.1) is 0 Å². The number of para-hydroxylation sites is 1. The van der Waals surface area contributed by atoms with Crippen molar-refractivity contribution in [2.45, 2.75) is 0 Å². The summed E-state index contributed by atoms with van der Waals surface area (Å²) in [6.45, 7) is 0. The normalized spacial score (nSPS) is 16.5. The minimum Gasteiger partial charge on any atom is -0.323 e. The fraction of sp³-hybridized carbons (Fsp3) is 0. The summed E-state index contributed by atoms with van der Waals surface area (Å²) in [4.78, 5) is 22.4. The number of carbonyl (C=O) groups is 2. The number of nitrogens with zero attached hydrogens (tertiary/aromatic N) is 1. The molecule has 3 rings (SSSR count). The van der Waals surface area contributed by atoms with E-state index < -0.39 is 11.9 Å². The van der Waals surface area contributed by atoms with Crippen LogP contribution in [-0.2, 0) is 4.79 Å². The van der Waals surface area contributed by atoms with Crippen LogP contribution in [0.3, 0.4) is 0 Å². The summed E-state index contributed by atoms with van der Waals surface area (Å²) in [5.41, 5.74) is 2.14. The second-order valence-corrected chi connectivity index (χ2v) is 4.15. The Morgan fingerprint density at radius 2 is 1.79 bits per heavy atom. The molecule has 0 spiro atoms. The smallest absolute Gasteiger partial charge is 0.323 e. The van der Waals surface area contributed by atoms with E-state index in [1.165, 1.54) is 0 Å². The summed E-state index contributed by atoms with van der Waals surface area (Å²) in [5, 5.41) is 4.61. The SMILES string of the molecule is O=C1NC(=O)/C(=C/c2ccn(-c3ccccc3)c2)N1. The third-order valence-corrected chi connectivity index (χ3v) is 2.80. The zero-order chi connectivity index (χ0) is 13.2. The lowest BCUT2D eigenvalue weighted by atomic mass is 10.2. The highest BCUT2D eigenvalue weighted by Crippen LogP contribution is 2.13. The number of urea groups is 1. The van der Waals surface area contributed by atoms with Gasteiger partial charge in [0.2, 0.25) is 0 Å². The molecular weight excluding hydrogens is 242 g/mol. The summed E-state index contributed by atoms with van der Waals surface area (Å²) < 4.78 is 1.95. The van der Waals surface area contributed by atoms with Crippen LogP contribution in [0.1, 0.15) is 5.56 Å². The first kappa shape index (κ1) is 11.3. The number of rotatable bonds is 2. The van der Waals surface area contributed by atoms with E-state index in [1.807, 2.05) is 53.4 Å². The molecule has 0 atom stereocenters. The van der Waals surface area contributed by atoms with Gasteiger partial charge in [0.1, 0.15) is 5.70 Å². The van der Waals surface area contributed by atoms with Crippen molar-refractivity contribution in [3.05, 3.63) is 60.1 Å². The molecule has 0 radical (unpaired) electrons. The van der Waals surface area contributed by atoms with E-state index >= 15 is 0 Å². The third-order valence-electron chi connectivity index (χ3n) is 2.80. The average Bonchev–Trinajstić information content (AvgIpc) is 2.99. The predicted molar refractivity (Wildman–Crippen MR) is 70.4 cm³/mol. The first-order chi connectivity index (χ1) is 9.22. The monoisotopic (exact) mass is 253 g/mol. The summed E-state index contributed by atoms with van der Waals surface area (Å²) >= 11 is 0. The van der Waals surface area contributed by atoms with Crippen LogP contribution in [-0.4, -0.2) is 16.5 Å². The molecule has 0 unspecified atom stereocenters. The molecule has 0 bridgehead atoms. The fourth-order valence-corrected chi connectivity index (χ4v) is 1.91. The molecule has 1 aromatic carbocycles. The molecule has 19 heavy (non-hydrogen) atoms. The number of aromatic nitrogens is 1.